The Balaban J connectivity index is 3.51. The second kappa shape index (κ2) is 49.0. The maximum Gasteiger partial charge on any atom is 0.306 e. The molecule has 0 spiro atoms. The first kappa shape index (κ1) is 55.6. The Labute approximate surface area is 360 Å². The molecule has 1 unspecified atom stereocenters. The van der Waals surface area contributed by atoms with E-state index in [0.29, 0.717) is 12.8 Å². The quantitative estimate of drug-likeness (QED) is 0.0377. The fourth-order valence-corrected chi connectivity index (χ4v) is 7.07. The predicted octanol–water partition coefficient (Wildman–Crippen LogP) is 16.3. The van der Waals surface area contributed by atoms with Crippen LogP contribution >= 0.6 is 0 Å². The molecule has 0 rings (SSSR count). The molecule has 5 heteroatoms. The molecule has 5 nitrogen and oxygen atoms in total. The van der Waals surface area contributed by atoms with Crippen LogP contribution in [-0.2, 0) is 19.1 Å². The van der Waals surface area contributed by atoms with Gasteiger partial charge in [0.2, 0.25) is 0 Å². The van der Waals surface area contributed by atoms with Gasteiger partial charge in [0.25, 0.3) is 0 Å². The molecule has 0 aliphatic rings. The van der Waals surface area contributed by atoms with Crippen molar-refractivity contribution in [1.29, 1.82) is 0 Å². The Morgan fingerprint density at radius 1 is 0.414 bits per heavy atom. The van der Waals surface area contributed by atoms with Crippen LogP contribution in [0.5, 0.6) is 0 Å². The number of ether oxygens (including phenoxy) is 2. The summed E-state index contributed by atoms with van der Waals surface area (Å²) in [6.07, 6.45) is 64.5. The highest BCUT2D eigenvalue weighted by Crippen LogP contribution is 2.15. The van der Waals surface area contributed by atoms with Gasteiger partial charge < -0.3 is 14.6 Å². The van der Waals surface area contributed by atoms with E-state index in [1.807, 2.05) is 0 Å². The summed E-state index contributed by atoms with van der Waals surface area (Å²) in [6, 6.07) is 0. The van der Waals surface area contributed by atoms with Gasteiger partial charge in [0.05, 0.1) is 6.61 Å². The second-order valence-corrected chi connectivity index (χ2v) is 16.5. The van der Waals surface area contributed by atoms with Crippen LogP contribution in [0.25, 0.3) is 0 Å². The zero-order valence-corrected chi connectivity index (χ0v) is 38.3. The summed E-state index contributed by atoms with van der Waals surface area (Å²) >= 11 is 0. The molecule has 1 N–H and O–H groups in total. The molecule has 58 heavy (non-hydrogen) atoms. The Kier molecular flexibility index (Phi) is 46.9. The van der Waals surface area contributed by atoms with Gasteiger partial charge in [-0.15, -0.1) is 0 Å². The van der Waals surface area contributed by atoms with E-state index in [-0.39, 0.29) is 25.2 Å². The summed E-state index contributed by atoms with van der Waals surface area (Å²) in [5, 5.41) is 9.61. The Bertz CT molecular complexity index is 1010. The monoisotopic (exact) mass is 811 g/mol. The van der Waals surface area contributed by atoms with E-state index >= 15 is 0 Å². The smallest absolute Gasteiger partial charge is 0.306 e. The maximum atomic E-state index is 12.2. The summed E-state index contributed by atoms with van der Waals surface area (Å²) in [6.45, 7) is 4.03. The molecule has 0 aromatic rings. The molecule has 0 amide bonds. The highest BCUT2D eigenvalue weighted by Gasteiger charge is 2.16. The third-order valence-electron chi connectivity index (χ3n) is 10.8. The molecule has 0 saturated carbocycles. The van der Waals surface area contributed by atoms with Gasteiger partial charge in [0, 0.05) is 12.8 Å². The first-order valence-electron chi connectivity index (χ1n) is 24.8. The first-order valence-corrected chi connectivity index (χ1v) is 24.8. The zero-order chi connectivity index (χ0) is 42.1. The van der Waals surface area contributed by atoms with Gasteiger partial charge in [0.1, 0.15) is 6.61 Å². The lowest BCUT2D eigenvalue weighted by molar-refractivity contribution is -0.161. The number of carbonyl (C=O) groups excluding carboxylic acids is 2. The Morgan fingerprint density at radius 3 is 1.14 bits per heavy atom. The van der Waals surface area contributed by atoms with E-state index in [9.17, 15) is 14.7 Å². The number of unbranched alkanes of at least 4 members (excludes halogenated alkanes) is 27. The van der Waals surface area contributed by atoms with Crippen molar-refractivity contribution in [1.82, 2.24) is 0 Å². The third kappa shape index (κ3) is 46.3. The Morgan fingerprint density at radius 2 is 0.741 bits per heavy atom. The van der Waals surface area contributed by atoms with Gasteiger partial charge >= 0.3 is 11.9 Å². The summed E-state index contributed by atoms with van der Waals surface area (Å²) < 4.78 is 10.7. The van der Waals surface area contributed by atoms with Crippen LogP contribution in [-0.4, -0.2) is 36.4 Å². The largest absolute Gasteiger partial charge is 0.462 e. The van der Waals surface area contributed by atoms with E-state index in [1.54, 1.807) is 0 Å². The van der Waals surface area contributed by atoms with E-state index in [0.717, 1.165) is 70.6 Å². The average molecular weight is 811 g/mol. The summed E-state index contributed by atoms with van der Waals surface area (Å²) in [4.78, 5) is 24.4. The number of hydrogen-bond acceptors (Lipinski definition) is 5. The number of rotatable bonds is 45. The number of allylic oxidation sites excluding steroid dienone is 10. The van der Waals surface area contributed by atoms with Crippen molar-refractivity contribution >= 4 is 11.9 Å². The maximum absolute atomic E-state index is 12.2. The minimum Gasteiger partial charge on any atom is -0.462 e. The summed E-state index contributed by atoms with van der Waals surface area (Å²) in [5.74, 6) is -0.602. The molecule has 0 aliphatic heterocycles. The van der Waals surface area contributed by atoms with Gasteiger partial charge in [-0.2, -0.15) is 0 Å². The molecule has 0 fully saturated rings. The van der Waals surface area contributed by atoms with Crippen LogP contribution in [0, 0.1) is 0 Å². The van der Waals surface area contributed by atoms with Crippen LogP contribution < -0.4 is 0 Å². The van der Waals surface area contributed by atoms with Gasteiger partial charge in [-0.25, -0.2) is 0 Å². The van der Waals surface area contributed by atoms with Crippen molar-refractivity contribution in [3.05, 3.63) is 60.8 Å². The average Bonchev–Trinajstić information content (AvgIpc) is 3.23. The van der Waals surface area contributed by atoms with Crippen LogP contribution in [0.15, 0.2) is 60.8 Å². The fraction of sp³-hybridized carbons (Fsp3) is 0.774. The van der Waals surface area contributed by atoms with Crippen molar-refractivity contribution in [2.24, 2.45) is 0 Å². The van der Waals surface area contributed by atoms with Crippen molar-refractivity contribution in [2.75, 3.05) is 13.2 Å². The molecule has 336 valence electrons. The molecule has 0 saturated heterocycles. The minimum absolute atomic E-state index is 0.0723. The lowest BCUT2D eigenvalue weighted by Gasteiger charge is -2.15. The normalized spacial score (nSPS) is 12.7. The standard InChI is InChI=1S/C53H94O5/c1-3-5-7-9-11-13-15-17-19-21-23-24-25-26-27-28-30-31-33-35-37-39-41-43-45-47-52(55)57-50-51(49-54)58-53(56)48-46-44-42-40-38-36-34-32-29-22-20-18-16-14-12-10-8-6-4-2/h6,8,12,14,18,20-21,23,29,32,51,54H,3-5,7,9-11,13,15-17,19,22,24-28,30-31,33-50H2,1-2H3/b8-6-,14-12-,20-18-,23-21-,32-29-. The molecule has 0 radical (unpaired) electrons. The van der Waals surface area contributed by atoms with Gasteiger partial charge in [-0.05, 0) is 77.0 Å². The van der Waals surface area contributed by atoms with Crippen LogP contribution in [0.4, 0.5) is 0 Å². The first-order chi connectivity index (χ1) is 28.6. The molecule has 0 aliphatic carbocycles. The molecule has 0 aromatic carbocycles. The molecule has 0 heterocycles. The number of esters is 2. The topological polar surface area (TPSA) is 72.8 Å². The Hall–Kier alpha value is -2.40. The lowest BCUT2D eigenvalue weighted by Crippen LogP contribution is -2.28. The molecular weight excluding hydrogens is 717 g/mol. The second-order valence-electron chi connectivity index (χ2n) is 16.5. The van der Waals surface area contributed by atoms with Crippen molar-refractivity contribution < 1.29 is 24.2 Å². The zero-order valence-electron chi connectivity index (χ0n) is 38.3. The lowest BCUT2D eigenvalue weighted by atomic mass is 10.0. The van der Waals surface area contributed by atoms with Crippen molar-refractivity contribution in [3.8, 4) is 0 Å². The SMILES string of the molecule is CC/C=C\C/C=C\C/C=C\C/C=C\CCCCCCCCC(=O)OC(CO)COC(=O)CCCCCCCCCCCCCCC/C=C\CCCCCCCCCC. The van der Waals surface area contributed by atoms with Crippen LogP contribution in [0.3, 0.4) is 0 Å². The number of aliphatic hydroxyl groups excluding tert-OH is 1. The summed E-state index contributed by atoms with van der Waals surface area (Å²) in [5.41, 5.74) is 0. The van der Waals surface area contributed by atoms with Crippen LogP contribution in [0.1, 0.15) is 245 Å². The van der Waals surface area contributed by atoms with E-state index in [1.165, 1.54) is 148 Å². The highest BCUT2D eigenvalue weighted by atomic mass is 16.6. The van der Waals surface area contributed by atoms with Crippen molar-refractivity contribution in [3.63, 3.8) is 0 Å². The number of carbonyl (C=O) groups is 2. The minimum atomic E-state index is -0.781. The summed E-state index contributed by atoms with van der Waals surface area (Å²) in [7, 11) is 0. The van der Waals surface area contributed by atoms with Gasteiger partial charge in [-0.1, -0.05) is 216 Å². The molecular formula is C53H94O5. The third-order valence-corrected chi connectivity index (χ3v) is 10.8. The number of hydrogen-bond donors (Lipinski definition) is 1. The molecule has 0 aromatic heterocycles. The van der Waals surface area contributed by atoms with Crippen LogP contribution in [0.2, 0.25) is 0 Å². The number of aliphatic hydroxyl groups is 1. The molecule has 1 atom stereocenters. The van der Waals surface area contributed by atoms with Gasteiger partial charge in [-0.3, -0.25) is 9.59 Å². The van der Waals surface area contributed by atoms with Crippen molar-refractivity contribution in [2.45, 2.75) is 251 Å². The van der Waals surface area contributed by atoms with E-state index < -0.39 is 6.10 Å². The fourth-order valence-electron chi connectivity index (χ4n) is 7.07. The van der Waals surface area contributed by atoms with E-state index in [4.69, 9.17) is 9.47 Å². The van der Waals surface area contributed by atoms with Gasteiger partial charge in [0.15, 0.2) is 6.10 Å². The molecule has 0 bridgehead atoms. The van der Waals surface area contributed by atoms with E-state index in [2.05, 4.69) is 74.6 Å². The predicted molar refractivity (Wildman–Crippen MR) is 251 cm³/mol. The highest BCUT2D eigenvalue weighted by molar-refractivity contribution is 5.70.